The van der Waals surface area contributed by atoms with E-state index >= 15 is 0 Å². The molecule has 0 unspecified atom stereocenters. The van der Waals surface area contributed by atoms with Crippen LogP contribution in [0.25, 0.3) is 34.7 Å². The van der Waals surface area contributed by atoms with Crippen LogP contribution in [0.1, 0.15) is 149 Å². The lowest BCUT2D eigenvalue weighted by Gasteiger charge is -2.42. The molecule has 1 aliphatic heterocycles. The SMILES string of the molecule is CC(C)c1nc(N(C)S(C)(=O)=O)nc(-c2ccc(F)cc2)c1/C=C/[C@@H](C[C@H](CC(=O)ON1C(=O)CCC1=O)O[Si](C)(C)C(C)(C)C)O[Si](C)(C)C(C)(C)C.CC(C)c1nc(N(C)S(C)(=O)=O)nc(-c2ccc(F)cc2)c1/C=C/[C@H](O)C[C@@H](O)CC(=O)N[C@@H](C)C(=O)O. The molecule has 5 rings (SSSR count). The minimum atomic E-state index is -3.71. The van der Waals surface area contributed by atoms with Gasteiger partial charge in [-0.15, -0.1) is 5.06 Å². The molecule has 4 aromatic rings. The Hall–Kier alpha value is -6.74. The molecule has 0 aliphatic carbocycles. The zero-order valence-corrected chi connectivity index (χ0v) is 59.8. The maximum Gasteiger partial charge on any atom is 0.335 e. The lowest BCUT2D eigenvalue weighted by molar-refractivity contribution is -0.198. The lowest BCUT2D eigenvalue weighted by atomic mass is 9.97. The number of nitrogens with zero attached hydrogens (tertiary/aromatic N) is 7. The summed E-state index contributed by atoms with van der Waals surface area (Å²) in [4.78, 5) is 84.2. The van der Waals surface area contributed by atoms with Gasteiger partial charge in [-0.05, 0) is 104 Å². The van der Waals surface area contributed by atoms with Gasteiger partial charge in [0.15, 0.2) is 16.6 Å². The maximum absolute atomic E-state index is 14.1. The van der Waals surface area contributed by atoms with Crippen molar-refractivity contribution >= 4 is 90.4 Å². The maximum atomic E-state index is 14.1. The number of aliphatic hydroxyl groups is 2. The number of imide groups is 1. The highest BCUT2D eigenvalue weighted by atomic mass is 32.2. The largest absolute Gasteiger partial charge is 0.480 e. The van der Waals surface area contributed by atoms with Crippen LogP contribution in [-0.2, 0) is 57.7 Å². The van der Waals surface area contributed by atoms with E-state index in [9.17, 15) is 59.8 Å². The summed E-state index contributed by atoms with van der Waals surface area (Å²) in [5, 5.41) is 31.9. The summed E-state index contributed by atoms with van der Waals surface area (Å²) in [6.45, 7) is 29.9. The summed E-state index contributed by atoms with van der Waals surface area (Å²) in [6, 6.07) is 10.1. The van der Waals surface area contributed by atoms with Gasteiger partial charge >= 0.3 is 11.9 Å². The Bertz CT molecular complexity index is 3570. The van der Waals surface area contributed by atoms with Gasteiger partial charge < -0.3 is 34.3 Å². The summed E-state index contributed by atoms with van der Waals surface area (Å²) in [6.07, 6.45) is 4.28. The van der Waals surface area contributed by atoms with Crippen molar-refractivity contribution in [1.29, 1.82) is 0 Å². The van der Waals surface area contributed by atoms with E-state index in [1.807, 2.05) is 39.8 Å². The molecule has 4 N–H and O–H groups in total. The first-order valence-corrected chi connectivity index (χ1v) is 39.6. The number of benzene rings is 2. The zero-order valence-electron chi connectivity index (χ0n) is 56.2. The van der Waals surface area contributed by atoms with E-state index in [4.69, 9.17) is 28.8 Å². The molecule has 0 saturated carbocycles. The Morgan fingerprint density at radius 2 is 1.07 bits per heavy atom. The van der Waals surface area contributed by atoms with Gasteiger partial charge in [-0.2, -0.15) is 0 Å². The van der Waals surface area contributed by atoms with E-state index in [2.05, 4.69) is 83.0 Å². The molecule has 1 fully saturated rings. The van der Waals surface area contributed by atoms with Crippen LogP contribution in [-0.4, -0.2) is 161 Å². The second kappa shape index (κ2) is 31.5. The molecule has 5 atom stereocenters. The van der Waals surface area contributed by atoms with Crippen molar-refractivity contribution in [2.24, 2.45) is 0 Å². The molecule has 508 valence electrons. The number of anilines is 2. The number of aliphatic carboxylic acids is 1. The molecule has 29 heteroatoms. The van der Waals surface area contributed by atoms with E-state index in [0.29, 0.717) is 50.1 Å². The third-order valence-corrected chi connectivity index (χ3v) is 27.4. The Morgan fingerprint density at radius 3 is 1.45 bits per heavy atom. The number of carbonyl (C=O) groups excluding carboxylic acids is 4. The highest BCUT2D eigenvalue weighted by Gasteiger charge is 2.43. The molecule has 23 nitrogen and oxygen atoms in total. The summed E-state index contributed by atoms with van der Waals surface area (Å²) in [5.41, 5.74) is 3.83. The van der Waals surface area contributed by atoms with Gasteiger partial charge in [-0.25, -0.2) is 59.0 Å². The second-order valence-corrected chi connectivity index (χ2v) is 40.1. The van der Waals surface area contributed by atoms with Crippen molar-refractivity contribution in [2.45, 2.75) is 193 Å². The van der Waals surface area contributed by atoms with Gasteiger partial charge in [-0.1, -0.05) is 93.5 Å². The topological polar surface area (TPSA) is 315 Å². The normalized spacial score (nSPS) is 15.3. The van der Waals surface area contributed by atoms with E-state index in [1.54, 1.807) is 12.1 Å². The Labute approximate surface area is 542 Å². The standard InChI is InChI=1S/C38H59FN4O8SSi2.C25H33FN4O7S/c1-25(2)34-30(35(26-15-17-27(39)18-16-26)41-36(40-34)42(9)52(10,47)48)20-19-28(50-53(11,12)37(3,4)5)23-29(51-54(13,14)38(6,7)8)24-33(46)49-43-31(44)21-22-32(43)45;1-14(2)22-20(11-10-18(31)12-19(32)13-21(33)27-15(3)24(34)35)23(16-6-8-17(26)9-7-16)29-25(28-22)30(4)38(5,36)37/h15-20,25,28-29H,21-24H2,1-14H3;6-11,14-15,18-19,31-32H,12-13H2,1-5H3,(H,27,33)(H,34,35)/b20-19+;11-10+/t28-,29+;15-,18-,19+/m00/s1. The van der Waals surface area contributed by atoms with Crippen LogP contribution in [0.5, 0.6) is 0 Å². The molecular formula is C63H92F2N8O15S2Si2. The minimum absolute atomic E-state index is 0.0171. The first kappa shape index (κ1) is 77.7. The molecule has 1 aliphatic rings. The number of halogens is 2. The van der Waals surface area contributed by atoms with Crippen molar-refractivity contribution in [1.82, 2.24) is 30.3 Å². The minimum Gasteiger partial charge on any atom is -0.480 e. The van der Waals surface area contributed by atoms with Gasteiger partial charge in [0.2, 0.25) is 37.9 Å². The first-order chi connectivity index (χ1) is 42.1. The number of carbonyl (C=O) groups is 5. The number of carboxylic acid groups (broad SMARTS) is 1. The van der Waals surface area contributed by atoms with Crippen molar-refractivity contribution in [3.8, 4) is 22.5 Å². The molecule has 0 radical (unpaired) electrons. The van der Waals surface area contributed by atoms with Crippen LogP contribution >= 0.6 is 0 Å². The molecular weight excluding hydrogens is 1270 g/mol. The first-order valence-electron chi connectivity index (χ1n) is 30.0. The van der Waals surface area contributed by atoms with E-state index in [-0.39, 0.29) is 65.9 Å². The van der Waals surface area contributed by atoms with Gasteiger partial charge in [0, 0.05) is 62.0 Å². The molecule has 1 saturated heterocycles. The highest BCUT2D eigenvalue weighted by Crippen LogP contribution is 2.42. The fraction of sp³-hybridized carbons (Fsp3) is 0.540. The molecule has 3 heterocycles. The van der Waals surface area contributed by atoms with Crippen LogP contribution < -0.4 is 13.9 Å². The number of hydroxylamine groups is 2. The summed E-state index contributed by atoms with van der Waals surface area (Å²) in [7, 11) is -9.67. The average Bonchev–Trinajstić information content (AvgIpc) is 0.934. The van der Waals surface area contributed by atoms with Crippen molar-refractivity contribution < 1.29 is 78.6 Å². The summed E-state index contributed by atoms with van der Waals surface area (Å²) < 4.78 is 93.0. The van der Waals surface area contributed by atoms with Crippen LogP contribution in [0, 0.1) is 11.6 Å². The van der Waals surface area contributed by atoms with E-state index in [1.165, 1.54) is 69.6 Å². The zero-order chi connectivity index (χ0) is 70.0. The van der Waals surface area contributed by atoms with E-state index in [0.717, 1.165) is 21.1 Å². The molecule has 0 bridgehead atoms. The molecule has 2 aromatic carbocycles. The average molecular weight is 1360 g/mol. The van der Waals surface area contributed by atoms with Crippen LogP contribution in [0.15, 0.2) is 60.7 Å². The molecule has 0 spiro atoms. The summed E-state index contributed by atoms with van der Waals surface area (Å²) >= 11 is 0. The predicted molar refractivity (Wildman–Crippen MR) is 355 cm³/mol. The van der Waals surface area contributed by atoms with Gasteiger partial charge in [0.1, 0.15) is 17.7 Å². The van der Waals surface area contributed by atoms with Gasteiger partial charge in [-0.3, -0.25) is 19.2 Å². The molecule has 3 amide bonds. The smallest absolute Gasteiger partial charge is 0.335 e. The van der Waals surface area contributed by atoms with Crippen LogP contribution in [0.4, 0.5) is 20.7 Å². The monoisotopic (exact) mass is 1360 g/mol. The number of hydrogen-bond acceptors (Lipinski definition) is 18. The predicted octanol–water partition coefficient (Wildman–Crippen LogP) is 9.89. The fourth-order valence-corrected chi connectivity index (χ4v) is 12.0. The molecule has 92 heavy (non-hydrogen) atoms. The van der Waals surface area contributed by atoms with E-state index < -0.39 is 115 Å². The number of rotatable bonds is 27. The van der Waals surface area contributed by atoms with Gasteiger partial charge in [0.05, 0.1) is 72.5 Å². The highest BCUT2D eigenvalue weighted by molar-refractivity contribution is 7.92. The number of aromatic nitrogens is 4. The number of carboxylic acids is 1. The lowest BCUT2D eigenvalue weighted by Crippen LogP contribution is -2.47. The Kier molecular flexibility index (Phi) is 26.6. The fourth-order valence-electron chi connectivity index (χ4n) is 8.55. The van der Waals surface area contributed by atoms with Crippen molar-refractivity contribution in [3.63, 3.8) is 0 Å². The molecule has 2 aromatic heterocycles. The Balaban J connectivity index is 0.000000417. The second-order valence-electron chi connectivity index (χ2n) is 26.5. The Morgan fingerprint density at radius 1 is 0.663 bits per heavy atom. The summed E-state index contributed by atoms with van der Waals surface area (Å²) in [5.74, 6) is -5.18. The third-order valence-electron chi connectivity index (χ3n) is 16.1. The van der Waals surface area contributed by atoms with Crippen molar-refractivity contribution in [3.05, 3.63) is 94.8 Å². The number of hydrogen-bond donors (Lipinski definition) is 4. The van der Waals surface area contributed by atoms with Crippen molar-refractivity contribution in [2.75, 3.05) is 35.2 Å². The number of nitrogens with one attached hydrogen (secondary N) is 1. The van der Waals surface area contributed by atoms with Crippen LogP contribution in [0.3, 0.4) is 0 Å². The number of aliphatic hydroxyl groups excluding tert-OH is 2. The number of amides is 3. The van der Waals surface area contributed by atoms with Gasteiger partial charge in [0.25, 0.3) is 11.8 Å². The number of sulfonamides is 2. The quantitative estimate of drug-likeness (QED) is 0.0319. The third kappa shape index (κ3) is 21.9. The van der Waals surface area contributed by atoms with Crippen LogP contribution in [0.2, 0.25) is 36.3 Å².